The minimum absolute atomic E-state index is 0.117. The lowest BCUT2D eigenvalue weighted by atomic mass is 10.2. The van der Waals surface area contributed by atoms with Gasteiger partial charge in [0.1, 0.15) is 5.01 Å². The Labute approximate surface area is 176 Å². The molecule has 0 saturated carbocycles. The third-order valence-electron chi connectivity index (χ3n) is 4.18. The molecule has 30 heavy (non-hydrogen) atoms. The zero-order chi connectivity index (χ0) is 21.5. The van der Waals surface area contributed by atoms with Crippen LogP contribution in [-0.2, 0) is 12.8 Å². The van der Waals surface area contributed by atoms with Crippen molar-refractivity contribution >= 4 is 44.7 Å². The predicted octanol–water partition coefficient (Wildman–Crippen LogP) is 4.90. The van der Waals surface area contributed by atoms with Crippen molar-refractivity contribution in [2.45, 2.75) is 12.8 Å². The molecule has 2 aromatic heterocycles. The highest BCUT2D eigenvalue weighted by atomic mass is 35.5. The minimum atomic E-state index is -4.82. The number of amides is 1. The SMILES string of the molecule is O=C(Nc1ccc2sc(CO)nc2c1)c1cnn(-c2ccc(Cl)cc2)c1C(F)(F)F. The first-order valence-electron chi connectivity index (χ1n) is 8.49. The van der Waals surface area contributed by atoms with Crippen molar-refractivity contribution in [3.8, 4) is 5.69 Å². The Bertz CT molecular complexity index is 1240. The molecule has 0 bridgehead atoms. The summed E-state index contributed by atoms with van der Waals surface area (Å²) in [4.78, 5) is 16.8. The number of alkyl halides is 3. The number of nitrogens with zero attached hydrogens (tertiary/aromatic N) is 3. The van der Waals surface area contributed by atoms with E-state index in [4.69, 9.17) is 11.6 Å². The maximum atomic E-state index is 13.8. The molecule has 0 saturated heterocycles. The van der Waals surface area contributed by atoms with E-state index in [1.54, 1.807) is 12.1 Å². The van der Waals surface area contributed by atoms with Gasteiger partial charge in [0.15, 0.2) is 5.69 Å². The summed E-state index contributed by atoms with van der Waals surface area (Å²) in [5.74, 6) is -0.959. The topological polar surface area (TPSA) is 80.0 Å². The highest BCUT2D eigenvalue weighted by molar-refractivity contribution is 7.18. The summed E-state index contributed by atoms with van der Waals surface area (Å²) in [6.07, 6.45) is -3.95. The number of hydrogen-bond donors (Lipinski definition) is 2. The second kappa shape index (κ2) is 7.71. The molecule has 1 amide bonds. The first kappa shape index (κ1) is 20.3. The summed E-state index contributed by atoms with van der Waals surface area (Å²) >= 11 is 7.08. The fourth-order valence-corrected chi connectivity index (χ4v) is 3.82. The Morgan fingerprint density at radius 3 is 2.60 bits per heavy atom. The predicted molar refractivity (Wildman–Crippen MR) is 107 cm³/mol. The fourth-order valence-electron chi connectivity index (χ4n) is 2.88. The Balaban J connectivity index is 1.69. The van der Waals surface area contributed by atoms with Crippen LogP contribution in [0.15, 0.2) is 48.7 Å². The molecule has 4 aromatic rings. The Morgan fingerprint density at radius 2 is 1.93 bits per heavy atom. The van der Waals surface area contributed by atoms with E-state index in [2.05, 4.69) is 15.4 Å². The van der Waals surface area contributed by atoms with Crippen molar-refractivity contribution in [2.75, 3.05) is 5.32 Å². The fraction of sp³-hybridized carbons (Fsp3) is 0.105. The summed E-state index contributed by atoms with van der Waals surface area (Å²) in [7, 11) is 0. The number of aliphatic hydroxyl groups excluding tert-OH is 1. The molecule has 0 aliphatic heterocycles. The number of fused-ring (bicyclic) bond motifs is 1. The average molecular weight is 453 g/mol. The average Bonchev–Trinajstić information content (AvgIpc) is 3.32. The van der Waals surface area contributed by atoms with Crippen molar-refractivity contribution in [2.24, 2.45) is 0 Å². The van der Waals surface area contributed by atoms with Crippen LogP contribution in [0.4, 0.5) is 18.9 Å². The third kappa shape index (κ3) is 3.89. The Kier molecular flexibility index (Phi) is 5.22. The monoisotopic (exact) mass is 452 g/mol. The number of rotatable bonds is 4. The molecular weight excluding hydrogens is 441 g/mol. The molecule has 0 atom stereocenters. The molecule has 0 aliphatic rings. The van der Waals surface area contributed by atoms with Gasteiger partial charge in [-0.2, -0.15) is 18.3 Å². The molecule has 0 unspecified atom stereocenters. The lowest BCUT2D eigenvalue weighted by Gasteiger charge is -2.13. The lowest BCUT2D eigenvalue weighted by molar-refractivity contribution is -0.143. The minimum Gasteiger partial charge on any atom is -0.389 e. The third-order valence-corrected chi connectivity index (χ3v) is 5.45. The first-order valence-corrected chi connectivity index (χ1v) is 9.68. The van der Waals surface area contributed by atoms with Gasteiger partial charge in [0.25, 0.3) is 5.91 Å². The molecule has 11 heteroatoms. The number of thiazole rings is 1. The molecule has 154 valence electrons. The van der Waals surface area contributed by atoms with Gasteiger partial charge in [0.2, 0.25) is 0 Å². The van der Waals surface area contributed by atoms with E-state index in [1.807, 2.05) is 0 Å². The van der Waals surface area contributed by atoms with Crippen LogP contribution in [0.5, 0.6) is 0 Å². The van der Waals surface area contributed by atoms with Crippen molar-refractivity contribution in [1.82, 2.24) is 14.8 Å². The molecule has 2 N–H and O–H groups in total. The number of aromatic nitrogens is 3. The van der Waals surface area contributed by atoms with Crippen molar-refractivity contribution in [1.29, 1.82) is 0 Å². The standard InChI is InChI=1S/C19H12ClF3N4O2S/c20-10-1-4-12(5-2-10)27-17(19(21,22)23)13(8-24-27)18(29)25-11-3-6-15-14(7-11)26-16(9-28)30-15/h1-8,28H,9H2,(H,25,29). The summed E-state index contributed by atoms with van der Waals surface area (Å²) in [5.41, 5.74) is -0.901. The zero-order valence-electron chi connectivity index (χ0n) is 14.9. The Morgan fingerprint density at radius 1 is 1.20 bits per heavy atom. The van der Waals surface area contributed by atoms with Crippen molar-refractivity contribution in [3.05, 3.63) is 69.9 Å². The lowest BCUT2D eigenvalue weighted by Crippen LogP contribution is -2.20. The van der Waals surface area contributed by atoms with Gasteiger partial charge >= 0.3 is 6.18 Å². The largest absolute Gasteiger partial charge is 0.434 e. The summed E-state index contributed by atoms with van der Waals surface area (Å²) in [5, 5.41) is 16.2. The van der Waals surface area contributed by atoms with Crippen molar-refractivity contribution < 1.29 is 23.1 Å². The van der Waals surface area contributed by atoms with Gasteiger partial charge in [0.05, 0.1) is 34.3 Å². The van der Waals surface area contributed by atoms with Crippen molar-refractivity contribution in [3.63, 3.8) is 0 Å². The normalized spacial score (nSPS) is 11.8. The van der Waals surface area contributed by atoms with Gasteiger partial charge in [-0.1, -0.05) is 11.6 Å². The molecular formula is C19H12ClF3N4O2S. The number of benzene rings is 2. The van der Waals surface area contributed by atoms with Crippen LogP contribution in [0, 0.1) is 0 Å². The van der Waals surface area contributed by atoms with E-state index in [1.165, 1.54) is 41.7 Å². The number of halogens is 4. The van der Waals surface area contributed by atoms with E-state index in [0.29, 0.717) is 20.2 Å². The van der Waals surface area contributed by atoms with E-state index in [9.17, 15) is 23.1 Å². The molecule has 0 spiro atoms. The zero-order valence-corrected chi connectivity index (χ0v) is 16.5. The first-order chi connectivity index (χ1) is 14.3. The maximum absolute atomic E-state index is 13.8. The molecule has 0 radical (unpaired) electrons. The van der Waals surface area contributed by atoms with Gasteiger partial charge < -0.3 is 10.4 Å². The summed E-state index contributed by atoms with van der Waals surface area (Å²) in [6.45, 7) is -0.222. The molecule has 6 nitrogen and oxygen atoms in total. The van der Waals surface area contributed by atoms with Gasteiger partial charge in [-0.3, -0.25) is 4.79 Å². The van der Waals surface area contributed by atoms with E-state index in [-0.39, 0.29) is 18.0 Å². The van der Waals surface area contributed by atoms with Gasteiger partial charge in [-0.05, 0) is 42.5 Å². The molecule has 4 rings (SSSR count). The summed E-state index contributed by atoms with van der Waals surface area (Å²) < 4.78 is 42.7. The molecule has 0 aliphatic carbocycles. The van der Waals surface area contributed by atoms with Crippen LogP contribution in [0.25, 0.3) is 15.9 Å². The van der Waals surface area contributed by atoms with Crippen LogP contribution < -0.4 is 5.32 Å². The second-order valence-corrected chi connectivity index (χ2v) is 7.75. The number of aliphatic hydroxyl groups is 1. The van der Waals surface area contributed by atoms with Crippen LogP contribution in [0.3, 0.4) is 0 Å². The second-order valence-electron chi connectivity index (χ2n) is 6.20. The van der Waals surface area contributed by atoms with Gasteiger partial charge in [-0.15, -0.1) is 11.3 Å². The number of carbonyl (C=O) groups is 1. The van der Waals surface area contributed by atoms with Crippen LogP contribution in [-0.4, -0.2) is 25.8 Å². The van der Waals surface area contributed by atoms with Gasteiger partial charge in [0, 0.05) is 10.7 Å². The van der Waals surface area contributed by atoms with E-state index < -0.39 is 23.3 Å². The number of carbonyl (C=O) groups excluding carboxylic acids is 1. The highest BCUT2D eigenvalue weighted by Gasteiger charge is 2.40. The highest BCUT2D eigenvalue weighted by Crippen LogP contribution is 2.34. The smallest absolute Gasteiger partial charge is 0.389 e. The molecule has 2 aromatic carbocycles. The number of hydrogen-bond acceptors (Lipinski definition) is 5. The number of nitrogens with one attached hydrogen (secondary N) is 1. The maximum Gasteiger partial charge on any atom is 0.434 e. The van der Waals surface area contributed by atoms with Crippen LogP contribution in [0.2, 0.25) is 5.02 Å². The van der Waals surface area contributed by atoms with Crippen LogP contribution in [0.1, 0.15) is 21.1 Å². The van der Waals surface area contributed by atoms with Crippen LogP contribution >= 0.6 is 22.9 Å². The molecule has 0 fully saturated rings. The Hall–Kier alpha value is -2.95. The van der Waals surface area contributed by atoms with E-state index >= 15 is 0 Å². The van der Waals surface area contributed by atoms with Gasteiger partial charge in [-0.25, -0.2) is 9.67 Å². The van der Waals surface area contributed by atoms with E-state index in [0.717, 1.165) is 10.9 Å². The number of anilines is 1. The molecule has 2 heterocycles. The quantitative estimate of drug-likeness (QED) is 0.461. The summed E-state index contributed by atoms with van der Waals surface area (Å²) in [6, 6.07) is 10.4.